The zero-order valence-corrected chi connectivity index (χ0v) is 32.5. The molecule has 1 aromatic carbocycles. The molecule has 0 saturated heterocycles. The van der Waals surface area contributed by atoms with Gasteiger partial charge in [0.2, 0.25) is 0 Å². The second kappa shape index (κ2) is 12.9. The van der Waals surface area contributed by atoms with Crippen LogP contribution in [0, 0.1) is 53.3 Å². The standard InChI is InChI=1S/C43H74S/c1-14-15-16-17-21-44(13,41-30(5)28(3)29(4)31(41)6)40-27(2)22-37-38(40)25-32-19-18-20-36(32)39(37)33-23-34(42(7,8)9)26-35(24-33)43(10,11)12/h23-24,26-32,36-41H,14-22,25H2,1-13H3. The maximum atomic E-state index is 2.94. The summed E-state index contributed by atoms with van der Waals surface area (Å²) >= 11 is 0. The fraction of sp³-hybridized carbons (Fsp3) is 0.860. The quantitative estimate of drug-likeness (QED) is 0.253. The van der Waals surface area contributed by atoms with Gasteiger partial charge in [-0.1, -0.05) is 133 Å². The lowest BCUT2D eigenvalue weighted by atomic mass is 9.61. The molecule has 252 valence electrons. The molecule has 44 heavy (non-hydrogen) atoms. The molecule has 5 rings (SSSR count). The van der Waals surface area contributed by atoms with E-state index < -0.39 is 10.0 Å². The van der Waals surface area contributed by atoms with Gasteiger partial charge in [-0.25, -0.2) is 10.0 Å². The predicted molar refractivity (Wildman–Crippen MR) is 200 cm³/mol. The van der Waals surface area contributed by atoms with Crippen molar-refractivity contribution in [2.45, 2.75) is 168 Å². The van der Waals surface area contributed by atoms with Gasteiger partial charge < -0.3 is 0 Å². The lowest BCUT2D eigenvalue weighted by Gasteiger charge is -2.56. The highest BCUT2D eigenvalue weighted by atomic mass is 32.3. The van der Waals surface area contributed by atoms with Crippen molar-refractivity contribution in [3.63, 3.8) is 0 Å². The van der Waals surface area contributed by atoms with E-state index in [1.165, 1.54) is 51.4 Å². The third-order valence-electron chi connectivity index (χ3n) is 14.7. The average molecular weight is 623 g/mol. The zero-order chi connectivity index (χ0) is 32.4. The highest BCUT2D eigenvalue weighted by molar-refractivity contribution is 8.34. The minimum atomic E-state index is -0.757. The van der Waals surface area contributed by atoms with Gasteiger partial charge in [0.1, 0.15) is 0 Å². The van der Waals surface area contributed by atoms with Crippen molar-refractivity contribution in [3.05, 3.63) is 34.9 Å². The predicted octanol–water partition coefficient (Wildman–Crippen LogP) is 12.8. The number of hydrogen-bond donors (Lipinski definition) is 0. The molecule has 4 fully saturated rings. The Kier molecular flexibility index (Phi) is 10.2. The first kappa shape index (κ1) is 34.9. The minimum absolute atomic E-state index is 0.188. The van der Waals surface area contributed by atoms with Crippen molar-refractivity contribution in [1.29, 1.82) is 0 Å². The van der Waals surface area contributed by atoms with Gasteiger partial charge in [0.05, 0.1) is 0 Å². The van der Waals surface area contributed by atoms with Crippen LogP contribution in [0.15, 0.2) is 18.2 Å². The second-order valence-corrected chi connectivity index (χ2v) is 23.3. The molecule has 0 bridgehead atoms. The van der Waals surface area contributed by atoms with Crippen molar-refractivity contribution in [3.8, 4) is 0 Å². The fourth-order valence-corrected chi connectivity index (χ4v) is 18.5. The van der Waals surface area contributed by atoms with Crippen LogP contribution in [0.25, 0.3) is 0 Å². The second-order valence-electron chi connectivity index (χ2n) is 19.4. The van der Waals surface area contributed by atoms with Crippen LogP contribution in [0.1, 0.15) is 163 Å². The summed E-state index contributed by atoms with van der Waals surface area (Å²) in [4.78, 5) is 0. The molecule has 0 aliphatic heterocycles. The highest BCUT2D eigenvalue weighted by Gasteiger charge is 2.60. The largest absolute Gasteiger partial charge is 0.237 e. The molecule has 4 saturated carbocycles. The maximum absolute atomic E-state index is 2.94. The Morgan fingerprint density at radius 2 is 1.25 bits per heavy atom. The van der Waals surface area contributed by atoms with E-state index in [1.807, 2.05) is 0 Å². The summed E-state index contributed by atoms with van der Waals surface area (Å²) in [5.74, 6) is 10.4. The maximum Gasteiger partial charge on any atom is -0.00545 e. The molecule has 12 atom stereocenters. The van der Waals surface area contributed by atoms with Gasteiger partial charge in [0.15, 0.2) is 0 Å². The molecule has 0 radical (unpaired) electrons. The third kappa shape index (κ3) is 6.26. The van der Waals surface area contributed by atoms with Crippen molar-refractivity contribution >= 4 is 10.0 Å². The van der Waals surface area contributed by atoms with Crippen LogP contribution in [0.3, 0.4) is 0 Å². The Morgan fingerprint density at radius 3 is 1.80 bits per heavy atom. The Labute approximate surface area is 277 Å². The van der Waals surface area contributed by atoms with Crippen LogP contribution >= 0.6 is 10.0 Å². The summed E-state index contributed by atoms with van der Waals surface area (Å²) in [7, 11) is -0.757. The van der Waals surface area contributed by atoms with Crippen molar-refractivity contribution in [2.24, 2.45) is 53.3 Å². The minimum Gasteiger partial charge on any atom is -0.237 e. The van der Waals surface area contributed by atoms with E-state index in [4.69, 9.17) is 0 Å². The molecule has 0 spiro atoms. The molecule has 0 heterocycles. The van der Waals surface area contributed by atoms with E-state index in [0.29, 0.717) is 0 Å². The van der Waals surface area contributed by atoms with Crippen molar-refractivity contribution < 1.29 is 0 Å². The first-order chi connectivity index (χ1) is 20.5. The molecule has 4 aliphatic carbocycles. The van der Waals surface area contributed by atoms with Gasteiger partial charge in [0, 0.05) is 0 Å². The molecular formula is C43H74S. The lowest BCUT2D eigenvalue weighted by molar-refractivity contribution is 0.123. The molecule has 0 amide bonds. The highest BCUT2D eigenvalue weighted by Crippen LogP contribution is 2.73. The summed E-state index contributed by atoms with van der Waals surface area (Å²) in [6.07, 6.45) is 16.2. The van der Waals surface area contributed by atoms with Crippen LogP contribution < -0.4 is 0 Å². The molecule has 0 N–H and O–H groups in total. The third-order valence-corrected chi connectivity index (χ3v) is 20.0. The molecule has 4 aliphatic rings. The summed E-state index contributed by atoms with van der Waals surface area (Å²) < 4.78 is 0. The molecule has 1 heteroatoms. The normalized spacial score (nSPS) is 41.3. The van der Waals surface area contributed by atoms with E-state index in [9.17, 15) is 0 Å². The lowest BCUT2D eigenvalue weighted by Crippen LogP contribution is -2.44. The van der Waals surface area contributed by atoms with Crippen molar-refractivity contribution in [1.82, 2.24) is 0 Å². The van der Waals surface area contributed by atoms with Gasteiger partial charge in [-0.2, -0.15) is 0 Å². The van der Waals surface area contributed by atoms with Crippen LogP contribution in [-0.4, -0.2) is 22.5 Å². The number of rotatable bonds is 8. The van der Waals surface area contributed by atoms with E-state index in [2.05, 4.69) is 108 Å². The van der Waals surface area contributed by atoms with E-state index in [-0.39, 0.29) is 10.8 Å². The molecule has 0 nitrogen and oxygen atoms in total. The number of benzene rings is 1. The number of unbranched alkanes of at least 4 members (excludes halogenated alkanes) is 3. The Bertz CT molecular complexity index is 1070. The SMILES string of the molecule is CCCCCCS(C)(C1C(C)C(C)C(C)C1C)C1C(C)CC2C1CC1CCCC1C2c1cc(C(C)(C)C)cc(C(C)(C)C)c1. The number of fused-ring (bicyclic) bond motifs is 2. The molecular weight excluding hydrogens is 549 g/mol. The van der Waals surface area contributed by atoms with Crippen molar-refractivity contribution in [2.75, 3.05) is 12.0 Å². The summed E-state index contributed by atoms with van der Waals surface area (Å²) in [6, 6.07) is 8.01. The van der Waals surface area contributed by atoms with Crippen LogP contribution in [-0.2, 0) is 10.8 Å². The van der Waals surface area contributed by atoms with Gasteiger partial charge >= 0.3 is 0 Å². The van der Waals surface area contributed by atoms with Gasteiger partial charge in [-0.3, -0.25) is 0 Å². The van der Waals surface area contributed by atoms with Crippen LogP contribution in [0.5, 0.6) is 0 Å². The smallest absolute Gasteiger partial charge is 0.00545 e. The molecule has 0 aromatic heterocycles. The summed E-state index contributed by atoms with van der Waals surface area (Å²) in [5.41, 5.74) is 5.26. The zero-order valence-electron chi connectivity index (χ0n) is 31.6. The van der Waals surface area contributed by atoms with E-state index >= 15 is 0 Å². The van der Waals surface area contributed by atoms with E-state index in [1.54, 1.807) is 28.9 Å². The molecule has 1 aromatic rings. The summed E-state index contributed by atoms with van der Waals surface area (Å²) in [6.45, 7) is 30.4. The average Bonchev–Trinajstić information content (AvgIpc) is 3.59. The summed E-state index contributed by atoms with van der Waals surface area (Å²) in [5, 5.41) is 1.93. The van der Waals surface area contributed by atoms with Gasteiger partial charge in [-0.05, 0) is 135 Å². The van der Waals surface area contributed by atoms with E-state index in [0.717, 1.165) is 69.7 Å². The first-order valence-corrected chi connectivity index (χ1v) is 21.7. The van der Waals surface area contributed by atoms with Gasteiger partial charge in [-0.15, -0.1) is 0 Å². The topological polar surface area (TPSA) is 0 Å². The Hall–Kier alpha value is -0.430. The fourth-order valence-electron chi connectivity index (χ4n) is 12.1. The number of hydrogen-bond acceptors (Lipinski definition) is 0. The Morgan fingerprint density at radius 1 is 0.659 bits per heavy atom. The molecule has 12 unspecified atom stereocenters. The monoisotopic (exact) mass is 623 g/mol. The van der Waals surface area contributed by atoms with Crippen LogP contribution in [0.2, 0.25) is 0 Å². The van der Waals surface area contributed by atoms with Crippen LogP contribution in [0.4, 0.5) is 0 Å². The first-order valence-electron chi connectivity index (χ1n) is 19.4. The Balaban J connectivity index is 1.59. The van der Waals surface area contributed by atoms with Gasteiger partial charge in [0.25, 0.3) is 0 Å².